The van der Waals surface area contributed by atoms with Gasteiger partial charge in [-0.2, -0.15) is 0 Å². The fourth-order valence-electron chi connectivity index (χ4n) is 4.79. The van der Waals surface area contributed by atoms with E-state index in [0.717, 1.165) is 36.3 Å². The standard InChI is InChI=1S/C21H26N2OS/c1-3-13-23-19(24)17-18(22-20(23)25-4-2)16-10-6-5-9-15(16)14-21(17)11-7-8-12-21/h3,5-6,9-10,20,22H,1,4,7-8,11-14H2,2H3/t20-/m0/s1. The van der Waals surface area contributed by atoms with Crippen molar-refractivity contribution < 1.29 is 4.79 Å². The summed E-state index contributed by atoms with van der Waals surface area (Å²) in [5.41, 5.74) is 4.76. The van der Waals surface area contributed by atoms with Gasteiger partial charge in [0.2, 0.25) is 0 Å². The molecule has 1 heterocycles. The topological polar surface area (TPSA) is 32.3 Å². The minimum Gasteiger partial charge on any atom is -0.356 e. The molecule has 0 unspecified atom stereocenters. The third-order valence-electron chi connectivity index (χ3n) is 5.83. The summed E-state index contributed by atoms with van der Waals surface area (Å²) in [7, 11) is 0. The first-order valence-electron chi connectivity index (χ1n) is 9.33. The Bertz CT molecular complexity index is 733. The molecule has 1 aromatic rings. The van der Waals surface area contributed by atoms with E-state index in [4.69, 9.17) is 0 Å². The van der Waals surface area contributed by atoms with E-state index in [-0.39, 0.29) is 16.8 Å². The van der Waals surface area contributed by atoms with E-state index in [1.807, 2.05) is 11.0 Å². The van der Waals surface area contributed by atoms with Crippen LogP contribution in [0.3, 0.4) is 0 Å². The summed E-state index contributed by atoms with van der Waals surface area (Å²) in [6.45, 7) is 6.60. The second-order valence-corrected chi connectivity index (χ2v) is 8.63. The summed E-state index contributed by atoms with van der Waals surface area (Å²) >= 11 is 1.78. The van der Waals surface area contributed by atoms with Crippen LogP contribution in [0.1, 0.15) is 43.7 Å². The minimum absolute atomic E-state index is 0.0149. The highest BCUT2D eigenvalue weighted by Gasteiger charge is 2.49. The predicted octanol–water partition coefficient (Wildman–Crippen LogP) is 4.17. The van der Waals surface area contributed by atoms with E-state index in [1.54, 1.807) is 11.8 Å². The number of rotatable bonds is 4. The van der Waals surface area contributed by atoms with Crippen LogP contribution in [0, 0.1) is 5.41 Å². The molecular formula is C21H26N2OS. The average Bonchev–Trinajstić information content (AvgIpc) is 3.07. The Labute approximate surface area is 154 Å². The molecule has 0 aromatic heterocycles. The van der Waals surface area contributed by atoms with E-state index in [2.05, 4.69) is 43.1 Å². The molecule has 25 heavy (non-hydrogen) atoms. The third-order valence-corrected chi connectivity index (χ3v) is 6.85. The van der Waals surface area contributed by atoms with Crippen molar-refractivity contribution in [2.24, 2.45) is 5.41 Å². The lowest BCUT2D eigenvalue weighted by Gasteiger charge is -2.46. The summed E-state index contributed by atoms with van der Waals surface area (Å²) in [5.74, 6) is 1.18. The van der Waals surface area contributed by atoms with Gasteiger partial charge in [0.25, 0.3) is 5.91 Å². The van der Waals surface area contributed by atoms with Gasteiger partial charge in [-0.05, 0) is 30.6 Å². The SMILES string of the molecule is C=CCN1C(=O)C2=C(N[C@@H]1SCC)c1ccccc1CC21CCCC1. The van der Waals surface area contributed by atoms with E-state index in [0.29, 0.717) is 6.54 Å². The minimum atomic E-state index is -0.0149. The fraction of sp³-hybridized carbons (Fsp3) is 0.476. The Balaban J connectivity index is 1.87. The number of amides is 1. The molecule has 1 fully saturated rings. The van der Waals surface area contributed by atoms with Crippen molar-refractivity contribution >= 4 is 23.4 Å². The van der Waals surface area contributed by atoms with Crippen LogP contribution in [0.5, 0.6) is 0 Å². The molecule has 2 aliphatic carbocycles. The van der Waals surface area contributed by atoms with Crippen LogP contribution in [0.2, 0.25) is 0 Å². The number of nitrogens with one attached hydrogen (secondary N) is 1. The van der Waals surface area contributed by atoms with Crippen LogP contribution in [-0.2, 0) is 11.2 Å². The molecule has 0 radical (unpaired) electrons. The van der Waals surface area contributed by atoms with Crippen LogP contribution in [0.25, 0.3) is 5.70 Å². The van der Waals surface area contributed by atoms with Gasteiger partial charge in [0, 0.05) is 23.1 Å². The van der Waals surface area contributed by atoms with Crippen LogP contribution >= 0.6 is 11.8 Å². The van der Waals surface area contributed by atoms with Crippen molar-refractivity contribution in [3.63, 3.8) is 0 Å². The zero-order valence-corrected chi connectivity index (χ0v) is 15.7. The number of hydrogen-bond acceptors (Lipinski definition) is 3. The Morgan fingerprint density at radius 3 is 2.84 bits per heavy atom. The second kappa shape index (κ2) is 6.56. The smallest absolute Gasteiger partial charge is 0.255 e. The number of carbonyl (C=O) groups excluding carboxylic acids is 1. The molecule has 132 valence electrons. The third kappa shape index (κ3) is 2.62. The Morgan fingerprint density at radius 1 is 1.36 bits per heavy atom. The highest BCUT2D eigenvalue weighted by molar-refractivity contribution is 7.99. The largest absolute Gasteiger partial charge is 0.356 e. The van der Waals surface area contributed by atoms with Crippen molar-refractivity contribution in [2.75, 3.05) is 12.3 Å². The number of thioether (sulfide) groups is 1. The Hall–Kier alpha value is -1.68. The molecule has 3 aliphatic rings. The normalized spacial score (nSPS) is 24.1. The quantitative estimate of drug-likeness (QED) is 0.824. The van der Waals surface area contributed by atoms with E-state index >= 15 is 0 Å². The lowest BCUT2D eigenvalue weighted by molar-refractivity contribution is -0.129. The van der Waals surface area contributed by atoms with Crippen molar-refractivity contribution in [1.29, 1.82) is 0 Å². The van der Waals surface area contributed by atoms with Gasteiger partial charge in [0.05, 0.1) is 5.70 Å². The zero-order chi connectivity index (χ0) is 17.4. The summed E-state index contributed by atoms with van der Waals surface area (Å²) in [4.78, 5) is 15.5. The first-order chi connectivity index (χ1) is 12.2. The molecule has 0 bridgehead atoms. The van der Waals surface area contributed by atoms with Gasteiger partial charge in [0.15, 0.2) is 5.50 Å². The van der Waals surface area contributed by atoms with Gasteiger partial charge in [-0.25, -0.2) is 0 Å². The molecule has 1 amide bonds. The van der Waals surface area contributed by atoms with Crippen molar-refractivity contribution in [3.8, 4) is 0 Å². The number of nitrogens with zero attached hydrogens (tertiary/aromatic N) is 1. The second-order valence-electron chi connectivity index (χ2n) is 7.27. The average molecular weight is 355 g/mol. The van der Waals surface area contributed by atoms with Crippen molar-refractivity contribution in [2.45, 2.75) is 44.5 Å². The molecule has 0 saturated heterocycles. The summed E-state index contributed by atoms with van der Waals surface area (Å²) in [6.07, 6.45) is 7.54. The molecule has 4 rings (SSSR count). The van der Waals surface area contributed by atoms with Crippen LogP contribution < -0.4 is 5.32 Å². The molecule has 1 spiro atoms. The maximum absolute atomic E-state index is 13.6. The van der Waals surface area contributed by atoms with Gasteiger partial charge < -0.3 is 10.2 Å². The first kappa shape index (κ1) is 16.8. The number of benzene rings is 1. The molecular weight excluding hydrogens is 328 g/mol. The van der Waals surface area contributed by atoms with Gasteiger partial charge in [-0.15, -0.1) is 18.3 Å². The highest BCUT2D eigenvalue weighted by Crippen LogP contribution is 2.54. The summed E-state index contributed by atoms with van der Waals surface area (Å²) in [6, 6.07) is 8.62. The summed E-state index contributed by atoms with van der Waals surface area (Å²) in [5, 5.41) is 3.73. The van der Waals surface area contributed by atoms with Crippen LogP contribution in [0.15, 0.2) is 42.5 Å². The van der Waals surface area contributed by atoms with Gasteiger partial charge in [-0.1, -0.05) is 50.1 Å². The van der Waals surface area contributed by atoms with E-state index in [9.17, 15) is 4.79 Å². The number of hydrogen-bond donors (Lipinski definition) is 1. The van der Waals surface area contributed by atoms with E-state index in [1.165, 1.54) is 24.0 Å². The molecule has 3 nitrogen and oxygen atoms in total. The summed E-state index contributed by atoms with van der Waals surface area (Å²) < 4.78 is 0. The van der Waals surface area contributed by atoms with E-state index < -0.39 is 0 Å². The fourth-order valence-corrected chi connectivity index (χ4v) is 5.67. The predicted molar refractivity (Wildman–Crippen MR) is 105 cm³/mol. The molecule has 4 heteroatoms. The van der Waals surface area contributed by atoms with Crippen LogP contribution in [-0.4, -0.2) is 28.6 Å². The van der Waals surface area contributed by atoms with Crippen molar-refractivity contribution in [1.82, 2.24) is 10.2 Å². The molecule has 1 atom stereocenters. The Morgan fingerprint density at radius 2 is 2.12 bits per heavy atom. The number of fused-ring (bicyclic) bond motifs is 3. The first-order valence-corrected chi connectivity index (χ1v) is 10.4. The van der Waals surface area contributed by atoms with Crippen LogP contribution in [0.4, 0.5) is 0 Å². The van der Waals surface area contributed by atoms with Crippen molar-refractivity contribution in [3.05, 3.63) is 53.6 Å². The molecule has 1 N–H and O–H groups in total. The zero-order valence-electron chi connectivity index (χ0n) is 14.9. The Kier molecular flexibility index (Phi) is 4.40. The maximum atomic E-state index is 13.6. The molecule has 1 saturated carbocycles. The van der Waals surface area contributed by atoms with Gasteiger partial charge >= 0.3 is 0 Å². The molecule has 1 aliphatic heterocycles. The van der Waals surface area contributed by atoms with Gasteiger partial charge in [0.1, 0.15) is 0 Å². The lowest BCUT2D eigenvalue weighted by Crippen LogP contribution is -2.55. The lowest BCUT2D eigenvalue weighted by atomic mass is 9.67. The molecule has 1 aromatic carbocycles. The monoisotopic (exact) mass is 354 g/mol. The maximum Gasteiger partial charge on any atom is 0.255 e. The highest BCUT2D eigenvalue weighted by atomic mass is 32.2. The van der Waals surface area contributed by atoms with Gasteiger partial charge in [-0.3, -0.25) is 4.79 Å². The number of carbonyl (C=O) groups is 1.